The first-order valence-electron chi connectivity index (χ1n) is 9.76. The van der Waals surface area contributed by atoms with Crippen LogP contribution < -0.4 is 10.2 Å². The lowest BCUT2D eigenvalue weighted by Crippen LogP contribution is -2.38. The first-order chi connectivity index (χ1) is 13.9. The van der Waals surface area contributed by atoms with Gasteiger partial charge >= 0.3 is 0 Å². The molecule has 0 saturated carbocycles. The van der Waals surface area contributed by atoms with E-state index in [-0.39, 0.29) is 11.3 Å². The topological polar surface area (TPSA) is 58.1 Å². The van der Waals surface area contributed by atoms with E-state index in [4.69, 9.17) is 0 Å². The predicted octanol–water partition coefficient (Wildman–Crippen LogP) is 4.27. The van der Waals surface area contributed by atoms with Crippen molar-refractivity contribution in [1.29, 1.82) is 0 Å². The third kappa shape index (κ3) is 5.19. The van der Waals surface area contributed by atoms with Crippen LogP contribution in [0.25, 0.3) is 0 Å². The van der Waals surface area contributed by atoms with Crippen molar-refractivity contribution in [3.63, 3.8) is 0 Å². The van der Waals surface area contributed by atoms with Gasteiger partial charge in [0.15, 0.2) is 0 Å². The molecule has 1 atom stereocenters. The van der Waals surface area contributed by atoms with Gasteiger partial charge < -0.3 is 10.2 Å². The van der Waals surface area contributed by atoms with Gasteiger partial charge in [0, 0.05) is 49.6 Å². The second-order valence-corrected chi connectivity index (χ2v) is 8.17. The number of benzene rings is 1. The van der Waals surface area contributed by atoms with Crippen molar-refractivity contribution in [2.24, 2.45) is 0 Å². The molecule has 29 heavy (non-hydrogen) atoms. The first-order valence-corrected chi connectivity index (χ1v) is 9.76. The molecule has 0 bridgehead atoms. The van der Waals surface area contributed by atoms with Gasteiger partial charge in [-0.3, -0.25) is 14.8 Å². The van der Waals surface area contributed by atoms with E-state index in [0.29, 0.717) is 6.54 Å². The number of nitrogens with zero attached hydrogens (tertiary/aromatic N) is 3. The number of hydrogen-bond donors (Lipinski definition) is 1. The molecule has 5 heteroatoms. The molecule has 0 radical (unpaired) electrons. The highest BCUT2D eigenvalue weighted by atomic mass is 16.2. The van der Waals surface area contributed by atoms with E-state index >= 15 is 0 Å². The van der Waals surface area contributed by atoms with E-state index in [1.54, 1.807) is 24.8 Å². The molecule has 2 aromatic heterocycles. The third-order valence-electron chi connectivity index (χ3n) is 4.99. The van der Waals surface area contributed by atoms with Crippen molar-refractivity contribution < 1.29 is 4.79 Å². The fourth-order valence-corrected chi connectivity index (χ4v) is 3.22. The SMILES string of the molecule is CN(c1ccc(C(C)(C)C)cc1)C(C(=O)NCc1ccncc1)c1cccnc1. The maximum Gasteiger partial charge on any atom is 0.247 e. The number of aromatic nitrogens is 2. The minimum atomic E-state index is -0.481. The Morgan fingerprint density at radius 3 is 2.28 bits per heavy atom. The van der Waals surface area contributed by atoms with E-state index in [0.717, 1.165) is 16.8 Å². The summed E-state index contributed by atoms with van der Waals surface area (Å²) in [6, 6.07) is 15.5. The van der Waals surface area contributed by atoms with Crippen LogP contribution in [0, 0.1) is 0 Å². The number of rotatable bonds is 6. The Hall–Kier alpha value is -3.21. The van der Waals surface area contributed by atoms with E-state index in [1.807, 2.05) is 36.2 Å². The van der Waals surface area contributed by atoms with Gasteiger partial charge in [-0.15, -0.1) is 0 Å². The number of pyridine rings is 2. The molecule has 1 aromatic carbocycles. The van der Waals surface area contributed by atoms with E-state index in [1.165, 1.54) is 5.56 Å². The van der Waals surface area contributed by atoms with Gasteiger partial charge in [-0.1, -0.05) is 39.0 Å². The van der Waals surface area contributed by atoms with Crippen molar-refractivity contribution in [1.82, 2.24) is 15.3 Å². The third-order valence-corrected chi connectivity index (χ3v) is 4.99. The molecule has 3 rings (SSSR count). The minimum absolute atomic E-state index is 0.0720. The zero-order chi connectivity index (χ0) is 20.9. The summed E-state index contributed by atoms with van der Waals surface area (Å²) in [7, 11) is 1.94. The Labute approximate surface area is 172 Å². The number of amides is 1. The van der Waals surface area contributed by atoms with Crippen molar-refractivity contribution >= 4 is 11.6 Å². The second-order valence-electron chi connectivity index (χ2n) is 8.17. The Morgan fingerprint density at radius 2 is 1.69 bits per heavy atom. The first kappa shape index (κ1) is 20.5. The van der Waals surface area contributed by atoms with Crippen molar-refractivity contribution in [2.75, 3.05) is 11.9 Å². The van der Waals surface area contributed by atoms with Crippen LogP contribution in [0.3, 0.4) is 0 Å². The summed E-state index contributed by atoms with van der Waals surface area (Å²) >= 11 is 0. The molecule has 1 N–H and O–H groups in total. The summed E-state index contributed by atoms with van der Waals surface area (Å²) in [5.41, 5.74) is 4.18. The summed E-state index contributed by atoms with van der Waals surface area (Å²) in [4.78, 5) is 23.4. The molecule has 1 unspecified atom stereocenters. The number of hydrogen-bond acceptors (Lipinski definition) is 4. The van der Waals surface area contributed by atoms with Crippen LogP contribution in [0.15, 0.2) is 73.3 Å². The number of carbonyl (C=O) groups is 1. The highest BCUT2D eigenvalue weighted by Gasteiger charge is 2.26. The van der Waals surface area contributed by atoms with Crippen LogP contribution in [-0.4, -0.2) is 22.9 Å². The van der Waals surface area contributed by atoms with Crippen LogP contribution in [0.5, 0.6) is 0 Å². The highest BCUT2D eigenvalue weighted by molar-refractivity contribution is 5.86. The average molecular weight is 389 g/mol. The van der Waals surface area contributed by atoms with Gasteiger partial charge in [0.2, 0.25) is 5.91 Å². The number of anilines is 1. The summed E-state index contributed by atoms with van der Waals surface area (Å²) in [5, 5.41) is 3.05. The number of nitrogens with one attached hydrogen (secondary N) is 1. The summed E-state index contributed by atoms with van der Waals surface area (Å²) in [6.45, 7) is 7.03. The normalized spacial score (nSPS) is 12.3. The molecule has 0 aliphatic carbocycles. The molecule has 3 aromatic rings. The van der Waals surface area contributed by atoms with Crippen molar-refractivity contribution in [3.8, 4) is 0 Å². The molecule has 2 heterocycles. The van der Waals surface area contributed by atoms with Gasteiger partial charge in [0.05, 0.1) is 0 Å². The zero-order valence-corrected chi connectivity index (χ0v) is 17.5. The molecular formula is C24H28N4O. The fraction of sp³-hybridized carbons (Fsp3) is 0.292. The van der Waals surface area contributed by atoms with Crippen molar-refractivity contribution in [2.45, 2.75) is 38.8 Å². The summed E-state index contributed by atoms with van der Waals surface area (Å²) in [5.74, 6) is -0.0720. The second kappa shape index (κ2) is 8.86. The van der Waals surface area contributed by atoms with Gasteiger partial charge in [0.25, 0.3) is 0 Å². The average Bonchev–Trinajstić information content (AvgIpc) is 2.73. The van der Waals surface area contributed by atoms with Crippen LogP contribution in [0.1, 0.15) is 43.5 Å². The Morgan fingerprint density at radius 1 is 1.00 bits per heavy atom. The molecule has 150 valence electrons. The smallest absolute Gasteiger partial charge is 0.247 e. The lowest BCUT2D eigenvalue weighted by Gasteiger charge is -2.30. The van der Waals surface area contributed by atoms with E-state index < -0.39 is 6.04 Å². The monoisotopic (exact) mass is 388 g/mol. The molecule has 0 saturated heterocycles. The summed E-state index contributed by atoms with van der Waals surface area (Å²) < 4.78 is 0. The molecule has 0 aliphatic rings. The van der Waals surface area contributed by atoms with Gasteiger partial charge in [-0.05, 0) is 46.9 Å². The van der Waals surface area contributed by atoms with Gasteiger partial charge in [-0.2, -0.15) is 0 Å². The minimum Gasteiger partial charge on any atom is -0.359 e. The molecule has 1 amide bonds. The highest BCUT2D eigenvalue weighted by Crippen LogP contribution is 2.29. The van der Waals surface area contributed by atoms with E-state index in [2.05, 4.69) is 60.3 Å². The largest absolute Gasteiger partial charge is 0.359 e. The number of carbonyl (C=O) groups excluding carboxylic acids is 1. The summed E-state index contributed by atoms with van der Waals surface area (Å²) in [6.07, 6.45) is 6.91. The fourth-order valence-electron chi connectivity index (χ4n) is 3.22. The Kier molecular flexibility index (Phi) is 6.27. The lowest BCUT2D eigenvalue weighted by molar-refractivity contribution is -0.122. The predicted molar refractivity (Wildman–Crippen MR) is 117 cm³/mol. The van der Waals surface area contributed by atoms with Crippen LogP contribution in [0.2, 0.25) is 0 Å². The van der Waals surface area contributed by atoms with Crippen LogP contribution >= 0.6 is 0 Å². The Bertz CT molecular complexity index is 919. The van der Waals surface area contributed by atoms with Crippen molar-refractivity contribution in [3.05, 3.63) is 90.0 Å². The molecule has 5 nitrogen and oxygen atoms in total. The maximum atomic E-state index is 13.2. The lowest BCUT2D eigenvalue weighted by atomic mass is 9.87. The standard InChI is InChI=1S/C24H28N4O/c1-24(2,3)20-7-9-21(10-8-20)28(4)22(19-6-5-13-26-17-19)23(29)27-16-18-11-14-25-15-12-18/h5-15,17,22H,16H2,1-4H3,(H,27,29). The molecule has 0 spiro atoms. The number of likely N-dealkylation sites (N-methyl/N-ethyl adjacent to an activating group) is 1. The maximum absolute atomic E-state index is 13.2. The van der Waals surface area contributed by atoms with Gasteiger partial charge in [-0.25, -0.2) is 0 Å². The van der Waals surface area contributed by atoms with E-state index in [9.17, 15) is 4.79 Å². The Balaban J connectivity index is 1.84. The molecular weight excluding hydrogens is 360 g/mol. The quantitative estimate of drug-likeness (QED) is 0.685. The molecule has 0 aliphatic heterocycles. The van der Waals surface area contributed by atoms with Crippen LogP contribution in [-0.2, 0) is 16.8 Å². The zero-order valence-electron chi connectivity index (χ0n) is 17.5. The van der Waals surface area contributed by atoms with Crippen LogP contribution in [0.4, 0.5) is 5.69 Å². The molecule has 0 fully saturated rings. The van der Waals surface area contributed by atoms with Gasteiger partial charge in [0.1, 0.15) is 6.04 Å².